The van der Waals surface area contributed by atoms with Crippen molar-refractivity contribution < 1.29 is 14.5 Å². The monoisotopic (exact) mass is 455 g/mol. The Kier molecular flexibility index (Phi) is 5.59. The molecule has 1 aliphatic heterocycles. The molecule has 9 nitrogen and oxygen atoms in total. The van der Waals surface area contributed by atoms with Gasteiger partial charge in [0.15, 0.2) is 5.78 Å². The molecule has 9 heteroatoms. The van der Waals surface area contributed by atoms with E-state index in [0.717, 1.165) is 17.5 Å². The van der Waals surface area contributed by atoms with Crippen LogP contribution in [0.15, 0.2) is 67.0 Å². The topological polar surface area (TPSA) is 122 Å². The zero-order valence-corrected chi connectivity index (χ0v) is 18.2. The number of imidazole rings is 1. The fourth-order valence-corrected chi connectivity index (χ4v) is 4.35. The molecular weight excluding hydrogens is 434 g/mol. The number of likely N-dealkylation sites (tertiary alicyclic amines) is 1. The zero-order chi connectivity index (χ0) is 23.7. The maximum atomic E-state index is 13.0. The largest absolute Gasteiger partial charge is 0.338 e. The predicted octanol–water partition coefficient (Wildman–Crippen LogP) is 3.95. The van der Waals surface area contributed by atoms with Crippen molar-refractivity contribution in [1.29, 1.82) is 0 Å². The van der Waals surface area contributed by atoms with Gasteiger partial charge in [0, 0.05) is 43.1 Å². The lowest BCUT2D eigenvalue weighted by atomic mass is 10.0. The summed E-state index contributed by atoms with van der Waals surface area (Å²) in [5, 5.41) is 11.0. The van der Waals surface area contributed by atoms with Crippen molar-refractivity contribution in [3.8, 4) is 11.4 Å². The van der Waals surface area contributed by atoms with Crippen LogP contribution in [0.2, 0.25) is 0 Å². The summed E-state index contributed by atoms with van der Waals surface area (Å²) in [7, 11) is 0. The Morgan fingerprint density at radius 3 is 2.71 bits per heavy atom. The molecule has 0 saturated carbocycles. The lowest BCUT2D eigenvalue weighted by molar-refractivity contribution is -0.384. The van der Waals surface area contributed by atoms with Crippen molar-refractivity contribution in [3.05, 3.63) is 88.2 Å². The number of hydrogen-bond acceptors (Lipinski definition) is 6. The molecule has 4 aromatic rings. The highest BCUT2D eigenvalue weighted by molar-refractivity contribution is 5.98. The molecule has 1 N–H and O–H groups in total. The third-order valence-electron chi connectivity index (χ3n) is 6.08. The first-order valence-corrected chi connectivity index (χ1v) is 11.0. The lowest BCUT2D eigenvalue weighted by Gasteiger charge is -2.23. The molecule has 5 rings (SSSR count). The number of aromatic nitrogens is 3. The minimum atomic E-state index is -0.443. The Bertz CT molecular complexity index is 1380. The number of Topliss-reactive ketones (excluding diaryl/α,β-unsaturated/α-hetero) is 1. The number of H-pyrrole nitrogens is 1. The number of nitro benzene ring substituents is 1. The Morgan fingerprint density at radius 1 is 1.15 bits per heavy atom. The van der Waals surface area contributed by atoms with E-state index < -0.39 is 11.0 Å². The number of pyridine rings is 1. The van der Waals surface area contributed by atoms with Crippen LogP contribution in [0.25, 0.3) is 22.4 Å². The second-order valence-electron chi connectivity index (χ2n) is 8.28. The molecule has 3 heterocycles. The van der Waals surface area contributed by atoms with Gasteiger partial charge >= 0.3 is 0 Å². The number of nitrogens with zero attached hydrogens (tertiary/aromatic N) is 4. The van der Waals surface area contributed by atoms with Crippen LogP contribution in [-0.2, 0) is 11.2 Å². The second-order valence-corrected chi connectivity index (χ2v) is 8.28. The van der Waals surface area contributed by atoms with Crippen molar-refractivity contribution in [2.75, 3.05) is 6.54 Å². The van der Waals surface area contributed by atoms with Crippen LogP contribution in [0.5, 0.6) is 0 Å². The fraction of sp³-hybridized carbons (Fsp3) is 0.200. The first-order valence-electron chi connectivity index (χ1n) is 11.0. The number of fused-ring (bicyclic) bond motifs is 1. The molecule has 34 heavy (non-hydrogen) atoms. The van der Waals surface area contributed by atoms with Crippen molar-refractivity contribution >= 4 is 28.4 Å². The van der Waals surface area contributed by atoms with Crippen LogP contribution in [-0.4, -0.2) is 49.1 Å². The Labute approximate surface area is 194 Å². The number of aromatic amines is 1. The van der Waals surface area contributed by atoms with Gasteiger partial charge < -0.3 is 9.88 Å². The number of ketones is 1. The maximum Gasteiger partial charge on any atom is 0.271 e. The van der Waals surface area contributed by atoms with Gasteiger partial charge in [0.25, 0.3) is 11.6 Å². The second kappa shape index (κ2) is 8.86. The average Bonchev–Trinajstić information content (AvgIpc) is 3.51. The highest BCUT2D eigenvalue weighted by Crippen LogP contribution is 2.25. The van der Waals surface area contributed by atoms with Crippen LogP contribution in [0.3, 0.4) is 0 Å². The minimum Gasteiger partial charge on any atom is -0.338 e. The Hall–Kier alpha value is -4.40. The molecule has 0 bridgehead atoms. The first kappa shape index (κ1) is 21.4. The van der Waals surface area contributed by atoms with Crippen molar-refractivity contribution in [2.45, 2.75) is 25.3 Å². The third kappa shape index (κ3) is 4.15. The molecule has 1 atom stereocenters. The van der Waals surface area contributed by atoms with Crippen LogP contribution in [0.4, 0.5) is 5.69 Å². The van der Waals surface area contributed by atoms with E-state index in [1.54, 1.807) is 29.3 Å². The smallest absolute Gasteiger partial charge is 0.271 e. The van der Waals surface area contributed by atoms with E-state index in [-0.39, 0.29) is 23.8 Å². The summed E-state index contributed by atoms with van der Waals surface area (Å²) >= 11 is 0. The van der Waals surface area contributed by atoms with Crippen molar-refractivity contribution in [1.82, 2.24) is 19.9 Å². The van der Waals surface area contributed by atoms with Crippen molar-refractivity contribution in [2.24, 2.45) is 0 Å². The third-order valence-corrected chi connectivity index (χ3v) is 6.08. The van der Waals surface area contributed by atoms with E-state index in [1.807, 2.05) is 24.3 Å². The van der Waals surface area contributed by atoms with Gasteiger partial charge in [-0.1, -0.05) is 24.3 Å². The highest BCUT2D eigenvalue weighted by atomic mass is 16.6. The number of carbonyl (C=O) groups excluding carboxylic acids is 2. The number of non-ortho nitro benzene ring substituents is 1. The number of rotatable bonds is 6. The van der Waals surface area contributed by atoms with Crippen LogP contribution in [0, 0.1) is 10.1 Å². The molecule has 2 aromatic carbocycles. The summed E-state index contributed by atoms with van der Waals surface area (Å²) in [6, 6.07) is 14.9. The number of carbonyl (C=O) groups is 2. The normalized spacial score (nSPS) is 15.5. The maximum absolute atomic E-state index is 13.0. The SMILES string of the molecule is O=C(Cc1ccc(-c2nc3ccc([N+](=O)[O-])cc3[nH]2)cc1)[C@@H]1CCCN1C(=O)c1cccnc1. The summed E-state index contributed by atoms with van der Waals surface area (Å²) in [5.74, 6) is 0.445. The molecule has 0 aliphatic carbocycles. The lowest BCUT2D eigenvalue weighted by Crippen LogP contribution is -2.41. The van der Waals surface area contributed by atoms with Crippen LogP contribution < -0.4 is 0 Å². The van der Waals surface area contributed by atoms with Gasteiger partial charge in [0.2, 0.25) is 0 Å². The molecule has 1 aliphatic rings. The number of hydrogen-bond donors (Lipinski definition) is 1. The number of nitro groups is 1. The van der Waals surface area contributed by atoms with Gasteiger partial charge in [-0.2, -0.15) is 0 Å². The van der Waals surface area contributed by atoms with Gasteiger partial charge in [-0.3, -0.25) is 24.7 Å². The highest BCUT2D eigenvalue weighted by Gasteiger charge is 2.34. The minimum absolute atomic E-state index is 0.000439. The molecule has 1 amide bonds. The number of benzene rings is 2. The van der Waals surface area contributed by atoms with Crippen molar-refractivity contribution in [3.63, 3.8) is 0 Å². The summed E-state index contributed by atoms with van der Waals surface area (Å²) < 4.78 is 0. The first-order chi connectivity index (χ1) is 16.5. The van der Waals surface area contributed by atoms with Crippen LogP contribution >= 0.6 is 0 Å². The molecule has 1 fully saturated rings. The van der Waals surface area contributed by atoms with E-state index in [4.69, 9.17) is 0 Å². The molecule has 170 valence electrons. The van der Waals surface area contributed by atoms with Gasteiger partial charge in [-0.05, 0) is 36.6 Å². The Balaban J connectivity index is 1.29. The molecule has 0 unspecified atom stereocenters. The average molecular weight is 455 g/mol. The van der Waals surface area contributed by atoms with Gasteiger partial charge in [-0.15, -0.1) is 0 Å². The van der Waals surface area contributed by atoms with E-state index in [2.05, 4.69) is 15.0 Å². The standard InChI is InChI=1S/C25H21N5O4/c31-23(22-4-2-12-29(22)25(32)18-3-1-11-26-15-18)13-16-5-7-17(8-6-16)24-27-20-10-9-19(30(33)34)14-21(20)28-24/h1,3,5-11,14-15,22H,2,4,12-13H2,(H,27,28)/t22-/m0/s1. The summed E-state index contributed by atoms with van der Waals surface area (Å²) in [6.45, 7) is 0.563. The predicted molar refractivity (Wildman–Crippen MR) is 125 cm³/mol. The molecule has 1 saturated heterocycles. The van der Waals surface area contributed by atoms with Gasteiger partial charge in [0.05, 0.1) is 27.6 Å². The molecular formula is C25H21N5O4. The van der Waals surface area contributed by atoms with Crippen LogP contribution in [0.1, 0.15) is 28.8 Å². The molecule has 0 radical (unpaired) electrons. The summed E-state index contributed by atoms with van der Waals surface area (Å²) in [5.41, 5.74) is 3.37. The van der Waals surface area contributed by atoms with E-state index in [0.29, 0.717) is 35.4 Å². The summed E-state index contributed by atoms with van der Waals surface area (Å²) in [4.78, 5) is 49.7. The Morgan fingerprint density at radius 2 is 1.97 bits per heavy atom. The molecule has 0 spiro atoms. The summed E-state index contributed by atoms with van der Waals surface area (Å²) in [6.07, 6.45) is 4.83. The zero-order valence-electron chi connectivity index (χ0n) is 18.2. The molecule has 2 aromatic heterocycles. The van der Waals surface area contributed by atoms with Gasteiger partial charge in [-0.25, -0.2) is 4.98 Å². The quantitative estimate of drug-likeness (QED) is 0.347. The van der Waals surface area contributed by atoms with E-state index in [9.17, 15) is 19.7 Å². The van der Waals surface area contributed by atoms with E-state index in [1.165, 1.54) is 18.3 Å². The van der Waals surface area contributed by atoms with Gasteiger partial charge in [0.1, 0.15) is 5.82 Å². The fourth-order valence-electron chi connectivity index (χ4n) is 4.35. The van der Waals surface area contributed by atoms with E-state index >= 15 is 0 Å². The number of nitrogens with one attached hydrogen (secondary N) is 1. The number of amides is 1.